The van der Waals surface area contributed by atoms with Crippen molar-refractivity contribution in [2.75, 3.05) is 11.7 Å². The summed E-state index contributed by atoms with van der Waals surface area (Å²) in [5, 5.41) is 10.1. The van der Waals surface area contributed by atoms with Crippen LogP contribution < -0.4 is 11.1 Å². The van der Waals surface area contributed by atoms with E-state index >= 15 is 0 Å². The van der Waals surface area contributed by atoms with Crippen molar-refractivity contribution in [2.24, 2.45) is 5.10 Å². The number of aromatic nitrogens is 3. The smallest absolute Gasteiger partial charge is 0.260 e. The highest BCUT2D eigenvalue weighted by molar-refractivity contribution is 7.98. The zero-order valence-corrected chi connectivity index (χ0v) is 11.4. The minimum atomic E-state index is -0.507. The molecule has 6 nitrogen and oxygen atoms in total. The fourth-order valence-corrected chi connectivity index (χ4v) is 1.76. The molecule has 1 aromatic carbocycles. The molecule has 2 rings (SSSR count). The lowest BCUT2D eigenvalue weighted by Gasteiger charge is -2.00. The molecule has 0 spiro atoms. The largest absolute Gasteiger partial charge is 0.363 e. The van der Waals surface area contributed by atoms with Crippen molar-refractivity contribution < 1.29 is 0 Å². The fraction of sp³-hybridized carbons (Fsp3) is 0.167. The maximum atomic E-state index is 11.0. The van der Waals surface area contributed by atoms with Crippen LogP contribution in [0.5, 0.6) is 0 Å². The number of hydrazone groups is 1. The summed E-state index contributed by atoms with van der Waals surface area (Å²) in [5.74, 6) is 0.348. The maximum absolute atomic E-state index is 11.0. The van der Waals surface area contributed by atoms with Gasteiger partial charge in [0.2, 0.25) is 0 Å². The van der Waals surface area contributed by atoms with Crippen molar-refractivity contribution in [3.05, 3.63) is 46.0 Å². The Bertz CT molecular complexity index is 635. The predicted molar refractivity (Wildman–Crippen MR) is 76.8 cm³/mol. The third-order valence-corrected chi connectivity index (χ3v) is 3.12. The molecule has 2 N–H and O–H groups in total. The number of aromatic amines is 1. The van der Waals surface area contributed by atoms with Crippen LogP contribution in [0, 0.1) is 6.92 Å². The average molecular weight is 275 g/mol. The molecule has 0 aliphatic carbocycles. The van der Waals surface area contributed by atoms with Gasteiger partial charge in [0.25, 0.3) is 0 Å². The molecule has 1 heterocycles. The molecular formula is C12H13N5OS. The summed E-state index contributed by atoms with van der Waals surface area (Å²) >= 11 is 1.69. The Morgan fingerprint density at radius 1 is 1.37 bits per heavy atom. The first-order chi connectivity index (χ1) is 9.19. The van der Waals surface area contributed by atoms with Crippen LogP contribution in [0.3, 0.4) is 0 Å². The summed E-state index contributed by atoms with van der Waals surface area (Å²) in [6.45, 7) is 1.73. The normalized spacial score (nSPS) is 10.8. The molecular weight excluding hydrogens is 262 g/mol. The first-order valence-corrected chi connectivity index (χ1v) is 6.78. The van der Waals surface area contributed by atoms with Crippen LogP contribution in [-0.2, 0) is 0 Å². The summed E-state index contributed by atoms with van der Waals surface area (Å²) in [5.41, 5.74) is 3.73. The van der Waals surface area contributed by atoms with Gasteiger partial charge in [-0.2, -0.15) is 15.2 Å². The van der Waals surface area contributed by atoms with Crippen molar-refractivity contribution >= 4 is 23.8 Å². The number of thioether (sulfide) groups is 1. The average Bonchev–Trinajstić information content (AvgIpc) is 2.43. The van der Waals surface area contributed by atoms with Crippen LogP contribution in [-0.4, -0.2) is 27.7 Å². The quantitative estimate of drug-likeness (QED) is 0.503. The van der Waals surface area contributed by atoms with Crippen LogP contribution in [0.4, 0.5) is 5.82 Å². The molecule has 7 heteroatoms. The third-order valence-electron chi connectivity index (χ3n) is 2.38. The zero-order chi connectivity index (χ0) is 13.7. The van der Waals surface area contributed by atoms with Crippen LogP contribution in [0.2, 0.25) is 0 Å². The Morgan fingerprint density at radius 3 is 2.79 bits per heavy atom. The second-order valence-electron chi connectivity index (χ2n) is 3.72. The zero-order valence-electron chi connectivity index (χ0n) is 10.5. The van der Waals surface area contributed by atoms with E-state index < -0.39 is 5.69 Å². The summed E-state index contributed by atoms with van der Waals surface area (Å²) in [7, 11) is 0. The van der Waals surface area contributed by atoms with Crippen molar-refractivity contribution in [1.29, 1.82) is 0 Å². The second-order valence-corrected chi connectivity index (χ2v) is 4.60. The molecule has 1 aromatic heterocycles. The van der Waals surface area contributed by atoms with Crippen molar-refractivity contribution in [3.63, 3.8) is 0 Å². The molecule has 2 aromatic rings. The molecule has 0 bridgehead atoms. The van der Waals surface area contributed by atoms with Crippen LogP contribution in [0.1, 0.15) is 11.3 Å². The van der Waals surface area contributed by atoms with Crippen LogP contribution >= 0.6 is 11.8 Å². The Balaban J connectivity index is 2.06. The SMILES string of the molecule is CSc1ccc(/C=N\Nc2nc(=O)[nH]nc2C)cc1. The van der Waals surface area contributed by atoms with E-state index in [9.17, 15) is 4.79 Å². The van der Waals surface area contributed by atoms with Gasteiger partial charge in [0.1, 0.15) is 5.69 Å². The van der Waals surface area contributed by atoms with Gasteiger partial charge in [-0.3, -0.25) is 5.43 Å². The highest BCUT2D eigenvalue weighted by Crippen LogP contribution is 2.14. The molecule has 0 atom stereocenters. The third kappa shape index (κ3) is 3.65. The number of H-pyrrole nitrogens is 1. The summed E-state index contributed by atoms with van der Waals surface area (Å²) in [6, 6.07) is 7.97. The number of anilines is 1. The van der Waals surface area contributed by atoms with E-state index in [0.29, 0.717) is 11.5 Å². The number of hydrogen-bond acceptors (Lipinski definition) is 6. The number of nitrogens with zero attached hydrogens (tertiary/aromatic N) is 3. The Hall–Kier alpha value is -2.15. The highest BCUT2D eigenvalue weighted by Gasteiger charge is 1.99. The van der Waals surface area contributed by atoms with E-state index in [2.05, 4.69) is 25.7 Å². The monoisotopic (exact) mass is 275 g/mol. The molecule has 98 valence electrons. The maximum Gasteiger partial charge on any atom is 0.363 e. The van der Waals surface area contributed by atoms with Gasteiger partial charge < -0.3 is 0 Å². The molecule has 0 saturated carbocycles. The highest BCUT2D eigenvalue weighted by atomic mass is 32.2. The molecule has 0 aliphatic heterocycles. The minimum absolute atomic E-state index is 0.348. The van der Waals surface area contributed by atoms with Gasteiger partial charge in [-0.05, 0) is 30.9 Å². The molecule has 0 aliphatic rings. The second kappa shape index (κ2) is 6.14. The number of aryl methyl sites for hydroxylation is 1. The van der Waals surface area contributed by atoms with E-state index in [-0.39, 0.29) is 0 Å². The number of rotatable bonds is 4. The van der Waals surface area contributed by atoms with Gasteiger partial charge in [-0.25, -0.2) is 9.89 Å². The number of hydrogen-bond donors (Lipinski definition) is 2. The lowest BCUT2D eigenvalue weighted by atomic mass is 10.2. The van der Waals surface area contributed by atoms with Crippen LogP contribution in [0.25, 0.3) is 0 Å². The number of nitrogens with one attached hydrogen (secondary N) is 2. The molecule has 0 radical (unpaired) electrons. The predicted octanol–water partition coefficient (Wildman–Crippen LogP) is 1.64. The lowest BCUT2D eigenvalue weighted by Crippen LogP contribution is -2.15. The standard InChI is InChI=1S/C12H13N5OS/c1-8-11(14-12(18)17-15-8)16-13-7-9-3-5-10(19-2)6-4-9/h3-7H,1-2H3,(H2,14,16,17,18)/b13-7-. The van der Waals surface area contributed by atoms with Gasteiger partial charge in [-0.15, -0.1) is 11.8 Å². The van der Waals surface area contributed by atoms with Crippen LogP contribution in [0.15, 0.2) is 39.1 Å². The Labute approximate surface area is 114 Å². The topological polar surface area (TPSA) is 83.0 Å². The van der Waals surface area contributed by atoms with Crippen molar-refractivity contribution in [2.45, 2.75) is 11.8 Å². The van der Waals surface area contributed by atoms with E-state index in [4.69, 9.17) is 0 Å². The van der Waals surface area contributed by atoms with Gasteiger partial charge >= 0.3 is 5.69 Å². The summed E-state index contributed by atoms with van der Waals surface area (Å²) in [4.78, 5) is 15.9. The van der Waals surface area contributed by atoms with Crippen molar-refractivity contribution in [3.8, 4) is 0 Å². The van der Waals surface area contributed by atoms with Crippen molar-refractivity contribution in [1.82, 2.24) is 15.2 Å². The van der Waals surface area contributed by atoms with E-state index in [1.165, 1.54) is 4.90 Å². The van der Waals surface area contributed by atoms with Gasteiger partial charge in [0.15, 0.2) is 5.82 Å². The lowest BCUT2D eigenvalue weighted by molar-refractivity contribution is 0.879. The molecule has 0 fully saturated rings. The van der Waals surface area contributed by atoms with Gasteiger partial charge in [-0.1, -0.05) is 12.1 Å². The summed E-state index contributed by atoms with van der Waals surface area (Å²) < 4.78 is 0. The number of benzene rings is 1. The van der Waals surface area contributed by atoms with E-state index in [1.807, 2.05) is 30.5 Å². The first kappa shape index (κ1) is 13.3. The fourth-order valence-electron chi connectivity index (χ4n) is 1.36. The van der Waals surface area contributed by atoms with E-state index in [0.717, 1.165) is 5.56 Å². The first-order valence-electron chi connectivity index (χ1n) is 5.55. The molecule has 19 heavy (non-hydrogen) atoms. The van der Waals surface area contributed by atoms with Gasteiger partial charge in [0.05, 0.1) is 6.21 Å². The Kier molecular flexibility index (Phi) is 4.30. The molecule has 0 unspecified atom stereocenters. The molecule has 0 saturated heterocycles. The van der Waals surface area contributed by atoms with E-state index in [1.54, 1.807) is 24.9 Å². The minimum Gasteiger partial charge on any atom is -0.260 e. The Morgan fingerprint density at radius 2 is 2.11 bits per heavy atom. The summed E-state index contributed by atoms with van der Waals surface area (Å²) in [6.07, 6.45) is 3.69. The van der Waals surface area contributed by atoms with Gasteiger partial charge in [0, 0.05) is 4.90 Å². The molecule has 0 amide bonds.